The molecular formula is C16H21F2N3. The molecule has 1 N–H and O–H groups in total. The van der Waals surface area contributed by atoms with Crippen LogP contribution in [0.25, 0.3) is 0 Å². The van der Waals surface area contributed by atoms with Crippen molar-refractivity contribution in [3.05, 3.63) is 52.3 Å². The third-order valence-electron chi connectivity index (χ3n) is 3.75. The first-order chi connectivity index (χ1) is 9.95. The molecule has 0 aliphatic carbocycles. The van der Waals surface area contributed by atoms with Crippen LogP contribution in [0.1, 0.15) is 42.4 Å². The number of nitrogens with one attached hydrogen (secondary N) is 1. The molecule has 0 saturated heterocycles. The average molecular weight is 293 g/mol. The summed E-state index contributed by atoms with van der Waals surface area (Å²) in [6.45, 7) is 8.92. The highest BCUT2D eigenvalue weighted by Crippen LogP contribution is 2.23. The molecule has 1 unspecified atom stereocenters. The fourth-order valence-corrected chi connectivity index (χ4v) is 2.73. The largest absolute Gasteiger partial charge is 0.310 e. The summed E-state index contributed by atoms with van der Waals surface area (Å²) in [6.07, 6.45) is 0. The molecule has 2 rings (SSSR count). The Bertz CT molecular complexity index is 614. The lowest BCUT2D eigenvalue weighted by Crippen LogP contribution is -2.19. The fraction of sp³-hybridized carbons (Fsp3) is 0.438. The van der Waals surface area contributed by atoms with Crippen molar-refractivity contribution in [2.75, 3.05) is 6.54 Å². The highest BCUT2D eigenvalue weighted by atomic mass is 19.1. The van der Waals surface area contributed by atoms with Crippen molar-refractivity contribution in [1.29, 1.82) is 0 Å². The predicted octanol–water partition coefficient (Wildman–Crippen LogP) is 3.50. The second-order valence-electron chi connectivity index (χ2n) is 5.22. The van der Waals surface area contributed by atoms with Crippen molar-refractivity contribution in [3.8, 4) is 0 Å². The van der Waals surface area contributed by atoms with Crippen LogP contribution in [0.3, 0.4) is 0 Å². The van der Waals surface area contributed by atoms with Crippen LogP contribution in [0.4, 0.5) is 8.78 Å². The van der Waals surface area contributed by atoms with E-state index in [1.807, 2.05) is 20.8 Å². The lowest BCUT2D eigenvalue weighted by molar-refractivity contribution is 0.527. The minimum atomic E-state index is -0.538. The van der Waals surface area contributed by atoms with Crippen molar-refractivity contribution in [3.63, 3.8) is 0 Å². The second kappa shape index (κ2) is 6.35. The standard InChI is InChI=1S/C16H21F2N3/c1-5-19-10(2)16-11(3)20-21(12(16)4)9-13-14(17)7-6-8-15(13)18/h6-8,10,19H,5,9H2,1-4H3. The molecule has 0 aliphatic rings. The molecule has 0 bridgehead atoms. The van der Waals surface area contributed by atoms with Gasteiger partial charge in [-0.25, -0.2) is 8.78 Å². The normalized spacial score (nSPS) is 12.7. The monoisotopic (exact) mass is 293 g/mol. The van der Waals surface area contributed by atoms with Gasteiger partial charge in [-0.2, -0.15) is 5.10 Å². The molecule has 21 heavy (non-hydrogen) atoms. The van der Waals surface area contributed by atoms with Crippen LogP contribution in [0.2, 0.25) is 0 Å². The maximum absolute atomic E-state index is 13.8. The van der Waals surface area contributed by atoms with Crippen molar-refractivity contribution in [1.82, 2.24) is 15.1 Å². The van der Waals surface area contributed by atoms with Gasteiger partial charge in [0.2, 0.25) is 0 Å². The van der Waals surface area contributed by atoms with Crippen LogP contribution in [-0.2, 0) is 6.54 Å². The summed E-state index contributed by atoms with van der Waals surface area (Å²) < 4.78 is 29.2. The van der Waals surface area contributed by atoms with Crippen LogP contribution < -0.4 is 5.32 Å². The summed E-state index contributed by atoms with van der Waals surface area (Å²) in [5.74, 6) is -1.08. The Morgan fingerprint density at radius 3 is 2.43 bits per heavy atom. The quantitative estimate of drug-likeness (QED) is 0.914. The Morgan fingerprint density at radius 2 is 1.86 bits per heavy atom. The van der Waals surface area contributed by atoms with Gasteiger partial charge in [-0.3, -0.25) is 4.68 Å². The molecule has 114 valence electrons. The van der Waals surface area contributed by atoms with Crippen molar-refractivity contribution >= 4 is 0 Å². The van der Waals surface area contributed by atoms with E-state index in [4.69, 9.17) is 0 Å². The number of hydrogen-bond donors (Lipinski definition) is 1. The first kappa shape index (κ1) is 15.6. The lowest BCUT2D eigenvalue weighted by Gasteiger charge is -2.13. The summed E-state index contributed by atoms with van der Waals surface area (Å²) in [6, 6.07) is 4.07. The Kier molecular flexibility index (Phi) is 4.73. The molecule has 1 heterocycles. The number of rotatable bonds is 5. The summed E-state index contributed by atoms with van der Waals surface area (Å²) in [7, 11) is 0. The summed E-state index contributed by atoms with van der Waals surface area (Å²) in [4.78, 5) is 0. The van der Waals surface area contributed by atoms with Gasteiger partial charge < -0.3 is 5.32 Å². The van der Waals surface area contributed by atoms with Crippen LogP contribution in [0, 0.1) is 25.5 Å². The SMILES string of the molecule is CCNC(C)c1c(C)nn(Cc2c(F)cccc2F)c1C. The lowest BCUT2D eigenvalue weighted by atomic mass is 10.1. The molecule has 1 aromatic heterocycles. The first-order valence-corrected chi connectivity index (χ1v) is 7.15. The zero-order chi connectivity index (χ0) is 15.6. The van der Waals surface area contributed by atoms with Gasteiger partial charge in [-0.05, 0) is 39.4 Å². The molecule has 1 aromatic carbocycles. The van der Waals surface area contributed by atoms with Crippen LogP contribution >= 0.6 is 0 Å². The molecule has 0 radical (unpaired) electrons. The molecule has 3 nitrogen and oxygen atoms in total. The Hall–Kier alpha value is -1.75. The zero-order valence-corrected chi connectivity index (χ0v) is 12.9. The van der Waals surface area contributed by atoms with E-state index in [9.17, 15) is 8.78 Å². The van der Waals surface area contributed by atoms with E-state index in [0.717, 1.165) is 23.5 Å². The highest BCUT2D eigenvalue weighted by Gasteiger charge is 2.18. The molecule has 2 aromatic rings. The van der Waals surface area contributed by atoms with Gasteiger partial charge in [0.15, 0.2) is 0 Å². The minimum absolute atomic E-state index is 0.0470. The molecule has 0 fully saturated rings. The fourth-order valence-electron chi connectivity index (χ4n) is 2.73. The molecule has 0 aliphatic heterocycles. The average Bonchev–Trinajstić information content (AvgIpc) is 2.69. The second-order valence-corrected chi connectivity index (χ2v) is 5.22. The molecule has 1 atom stereocenters. The van der Waals surface area contributed by atoms with E-state index in [2.05, 4.69) is 17.3 Å². The molecular weight excluding hydrogens is 272 g/mol. The maximum atomic E-state index is 13.8. The first-order valence-electron chi connectivity index (χ1n) is 7.15. The van der Waals surface area contributed by atoms with E-state index in [1.54, 1.807) is 4.68 Å². The molecule has 5 heteroatoms. The van der Waals surface area contributed by atoms with Gasteiger partial charge >= 0.3 is 0 Å². The van der Waals surface area contributed by atoms with Gasteiger partial charge in [0.05, 0.1) is 12.2 Å². The number of hydrogen-bond acceptors (Lipinski definition) is 2. The van der Waals surface area contributed by atoms with Gasteiger partial charge in [0.25, 0.3) is 0 Å². The third kappa shape index (κ3) is 3.13. The van der Waals surface area contributed by atoms with Gasteiger partial charge in [-0.1, -0.05) is 13.0 Å². The Balaban J connectivity index is 2.36. The van der Waals surface area contributed by atoms with Crippen LogP contribution in [0.5, 0.6) is 0 Å². The predicted molar refractivity (Wildman–Crippen MR) is 79.3 cm³/mol. The summed E-state index contributed by atoms with van der Waals surface area (Å²) >= 11 is 0. The van der Waals surface area contributed by atoms with Gasteiger partial charge in [0, 0.05) is 22.9 Å². The number of aryl methyl sites for hydroxylation is 1. The summed E-state index contributed by atoms with van der Waals surface area (Å²) in [5.41, 5.74) is 2.96. The number of nitrogens with zero attached hydrogens (tertiary/aromatic N) is 2. The van der Waals surface area contributed by atoms with Gasteiger partial charge in [0.1, 0.15) is 11.6 Å². The Labute approximate surface area is 124 Å². The zero-order valence-electron chi connectivity index (χ0n) is 12.9. The maximum Gasteiger partial charge on any atom is 0.131 e. The van der Waals surface area contributed by atoms with Crippen molar-refractivity contribution < 1.29 is 8.78 Å². The highest BCUT2D eigenvalue weighted by molar-refractivity contribution is 5.29. The number of benzene rings is 1. The number of halogens is 2. The van der Waals surface area contributed by atoms with Crippen LogP contribution in [-0.4, -0.2) is 16.3 Å². The van der Waals surface area contributed by atoms with E-state index in [-0.39, 0.29) is 18.2 Å². The van der Waals surface area contributed by atoms with Crippen molar-refractivity contribution in [2.24, 2.45) is 0 Å². The molecule has 0 saturated carbocycles. The topological polar surface area (TPSA) is 29.9 Å². The van der Waals surface area contributed by atoms with Crippen LogP contribution in [0.15, 0.2) is 18.2 Å². The summed E-state index contributed by atoms with van der Waals surface area (Å²) in [5, 5.41) is 7.78. The molecule has 0 spiro atoms. The van der Waals surface area contributed by atoms with Gasteiger partial charge in [-0.15, -0.1) is 0 Å². The smallest absolute Gasteiger partial charge is 0.131 e. The van der Waals surface area contributed by atoms with E-state index >= 15 is 0 Å². The van der Waals surface area contributed by atoms with E-state index in [1.165, 1.54) is 18.2 Å². The minimum Gasteiger partial charge on any atom is -0.310 e. The molecule has 0 amide bonds. The van der Waals surface area contributed by atoms with Crippen molar-refractivity contribution in [2.45, 2.75) is 40.3 Å². The Morgan fingerprint density at radius 1 is 1.24 bits per heavy atom. The third-order valence-corrected chi connectivity index (χ3v) is 3.75. The van der Waals surface area contributed by atoms with E-state index < -0.39 is 11.6 Å². The number of aromatic nitrogens is 2. The van der Waals surface area contributed by atoms with E-state index in [0.29, 0.717) is 0 Å².